The van der Waals surface area contributed by atoms with Crippen LogP contribution in [0.3, 0.4) is 0 Å². The van der Waals surface area contributed by atoms with Gasteiger partial charge in [-0.25, -0.2) is 13.1 Å². The molecule has 14 heavy (non-hydrogen) atoms. The Labute approximate surface area is 86.5 Å². The summed E-state index contributed by atoms with van der Waals surface area (Å²) in [6, 6.07) is 0.532. The first-order chi connectivity index (χ1) is 6.41. The molecule has 0 spiro atoms. The van der Waals surface area contributed by atoms with Gasteiger partial charge >= 0.3 is 0 Å². The largest absolute Gasteiger partial charge is 0.313 e. The van der Waals surface area contributed by atoms with Gasteiger partial charge in [-0.1, -0.05) is 20.8 Å². The number of rotatable bonds is 6. The molecule has 2 atom stereocenters. The molecule has 0 saturated heterocycles. The molecule has 5 heteroatoms. The summed E-state index contributed by atoms with van der Waals surface area (Å²) in [5.41, 5.74) is 0. The van der Waals surface area contributed by atoms with Crippen molar-refractivity contribution in [3.05, 3.63) is 0 Å². The summed E-state index contributed by atoms with van der Waals surface area (Å²) in [7, 11) is -3.06. The van der Waals surface area contributed by atoms with Crippen LogP contribution in [-0.2, 0) is 10.0 Å². The summed E-state index contributed by atoms with van der Waals surface area (Å²) in [6.45, 7) is 6.58. The van der Waals surface area contributed by atoms with Crippen molar-refractivity contribution in [3.63, 3.8) is 0 Å². The minimum absolute atomic E-state index is 0.175. The second-order valence-electron chi connectivity index (χ2n) is 4.37. The van der Waals surface area contributed by atoms with Crippen molar-refractivity contribution in [2.75, 3.05) is 12.3 Å². The van der Waals surface area contributed by atoms with Crippen molar-refractivity contribution < 1.29 is 8.42 Å². The predicted molar refractivity (Wildman–Crippen MR) is 57.6 cm³/mol. The third-order valence-corrected chi connectivity index (χ3v) is 3.77. The van der Waals surface area contributed by atoms with Gasteiger partial charge in [0.2, 0.25) is 10.0 Å². The summed E-state index contributed by atoms with van der Waals surface area (Å²) in [5, 5.41) is 3.09. The van der Waals surface area contributed by atoms with Crippen LogP contribution in [0, 0.1) is 5.92 Å². The van der Waals surface area contributed by atoms with E-state index in [0.29, 0.717) is 18.5 Å². The third-order valence-electron chi connectivity index (χ3n) is 2.36. The molecule has 0 radical (unpaired) electrons. The number of hydrogen-bond donors (Lipinski definition) is 2. The van der Waals surface area contributed by atoms with Crippen molar-refractivity contribution in [1.82, 2.24) is 10.0 Å². The van der Waals surface area contributed by atoms with E-state index in [-0.39, 0.29) is 11.8 Å². The molecule has 1 rings (SSSR count). The Morgan fingerprint density at radius 1 is 1.43 bits per heavy atom. The molecular weight excluding hydrogens is 200 g/mol. The molecule has 4 nitrogen and oxygen atoms in total. The Balaban J connectivity index is 2.21. The zero-order chi connectivity index (χ0) is 10.8. The van der Waals surface area contributed by atoms with E-state index in [1.54, 1.807) is 0 Å². The van der Waals surface area contributed by atoms with E-state index in [0.717, 1.165) is 6.42 Å². The number of nitrogens with one attached hydrogen (secondary N) is 2. The van der Waals surface area contributed by atoms with Gasteiger partial charge in [0.05, 0.1) is 5.75 Å². The lowest BCUT2D eigenvalue weighted by molar-refractivity contribution is 0.564. The Morgan fingerprint density at radius 3 is 2.43 bits per heavy atom. The molecular formula is C9H20N2O2S. The van der Waals surface area contributed by atoms with Crippen LogP contribution in [-0.4, -0.2) is 32.8 Å². The fourth-order valence-corrected chi connectivity index (χ4v) is 2.55. The Bertz CT molecular complexity index is 275. The summed E-state index contributed by atoms with van der Waals surface area (Å²) < 4.78 is 25.6. The lowest BCUT2D eigenvalue weighted by Gasteiger charge is -2.09. The van der Waals surface area contributed by atoms with Gasteiger partial charge in [-0.2, -0.15) is 0 Å². The minimum atomic E-state index is -3.06. The predicted octanol–water partition coefficient (Wildman–Crippen LogP) is 0.312. The maximum absolute atomic E-state index is 11.5. The van der Waals surface area contributed by atoms with Crippen molar-refractivity contribution in [3.8, 4) is 0 Å². The van der Waals surface area contributed by atoms with Gasteiger partial charge in [0, 0.05) is 18.6 Å². The highest BCUT2D eigenvalue weighted by Gasteiger charge is 2.35. The van der Waals surface area contributed by atoms with Crippen LogP contribution >= 0.6 is 0 Å². The smallest absolute Gasteiger partial charge is 0.213 e. The van der Waals surface area contributed by atoms with Gasteiger partial charge in [-0.3, -0.25) is 0 Å². The second-order valence-corrected chi connectivity index (χ2v) is 6.24. The fourth-order valence-electron chi connectivity index (χ4n) is 1.26. The summed E-state index contributed by atoms with van der Waals surface area (Å²) in [5.74, 6) is 0.692. The van der Waals surface area contributed by atoms with Crippen LogP contribution in [0.1, 0.15) is 27.2 Å². The Kier molecular flexibility index (Phi) is 3.92. The van der Waals surface area contributed by atoms with Crippen LogP contribution < -0.4 is 10.0 Å². The van der Waals surface area contributed by atoms with E-state index in [9.17, 15) is 8.42 Å². The summed E-state index contributed by atoms with van der Waals surface area (Å²) in [4.78, 5) is 0. The van der Waals surface area contributed by atoms with Gasteiger partial charge in [-0.15, -0.1) is 0 Å². The van der Waals surface area contributed by atoms with Gasteiger partial charge in [0.15, 0.2) is 0 Å². The summed E-state index contributed by atoms with van der Waals surface area (Å²) in [6.07, 6.45) is 0.983. The van der Waals surface area contributed by atoms with Crippen LogP contribution in [0.15, 0.2) is 0 Å². The molecule has 2 N–H and O–H groups in total. The van der Waals surface area contributed by atoms with Crippen molar-refractivity contribution in [2.24, 2.45) is 5.92 Å². The van der Waals surface area contributed by atoms with E-state index in [1.807, 2.05) is 13.8 Å². The first-order valence-corrected chi connectivity index (χ1v) is 6.79. The molecule has 84 valence electrons. The molecule has 1 aliphatic carbocycles. The SMILES string of the molecule is CC(C)NCCS(=O)(=O)NC1CC1C. The second kappa shape index (κ2) is 4.59. The van der Waals surface area contributed by atoms with E-state index in [2.05, 4.69) is 17.0 Å². The highest BCUT2D eigenvalue weighted by atomic mass is 32.2. The van der Waals surface area contributed by atoms with Crippen molar-refractivity contribution in [1.29, 1.82) is 0 Å². The Hall–Kier alpha value is -0.130. The molecule has 0 aromatic heterocycles. The number of sulfonamides is 1. The van der Waals surface area contributed by atoms with Gasteiger partial charge < -0.3 is 5.32 Å². The highest BCUT2D eigenvalue weighted by Crippen LogP contribution is 2.29. The molecule has 0 bridgehead atoms. The highest BCUT2D eigenvalue weighted by molar-refractivity contribution is 7.89. The number of hydrogen-bond acceptors (Lipinski definition) is 3. The first kappa shape index (κ1) is 11.9. The van der Waals surface area contributed by atoms with Crippen LogP contribution in [0.25, 0.3) is 0 Å². The van der Waals surface area contributed by atoms with Crippen LogP contribution in [0.4, 0.5) is 0 Å². The van der Waals surface area contributed by atoms with Gasteiger partial charge in [0.25, 0.3) is 0 Å². The van der Waals surface area contributed by atoms with E-state index < -0.39 is 10.0 Å². The monoisotopic (exact) mass is 220 g/mol. The van der Waals surface area contributed by atoms with Crippen molar-refractivity contribution >= 4 is 10.0 Å². The van der Waals surface area contributed by atoms with Crippen LogP contribution in [0.5, 0.6) is 0 Å². The maximum atomic E-state index is 11.5. The fraction of sp³-hybridized carbons (Fsp3) is 1.00. The topological polar surface area (TPSA) is 58.2 Å². The van der Waals surface area contributed by atoms with E-state index in [1.165, 1.54) is 0 Å². The van der Waals surface area contributed by atoms with Crippen LogP contribution in [0.2, 0.25) is 0 Å². The summed E-state index contributed by atoms with van der Waals surface area (Å²) >= 11 is 0. The Morgan fingerprint density at radius 2 is 2.00 bits per heavy atom. The lowest BCUT2D eigenvalue weighted by atomic mass is 10.4. The average Bonchev–Trinajstić information content (AvgIpc) is 2.63. The standard InChI is InChI=1S/C9H20N2O2S/c1-7(2)10-4-5-14(12,13)11-9-6-8(9)3/h7-11H,4-6H2,1-3H3. The molecule has 0 amide bonds. The molecule has 1 saturated carbocycles. The van der Waals surface area contributed by atoms with Gasteiger partial charge in [0.1, 0.15) is 0 Å². The molecule has 0 aromatic carbocycles. The molecule has 0 heterocycles. The first-order valence-electron chi connectivity index (χ1n) is 5.14. The lowest BCUT2D eigenvalue weighted by Crippen LogP contribution is -2.35. The average molecular weight is 220 g/mol. The molecule has 0 aromatic rings. The molecule has 1 aliphatic rings. The molecule has 2 unspecified atom stereocenters. The molecule has 0 aliphatic heterocycles. The zero-order valence-corrected chi connectivity index (χ0v) is 9.89. The normalized spacial score (nSPS) is 26.9. The molecule has 1 fully saturated rings. The van der Waals surface area contributed by atoms with Crippen molar-refractivity contribution in [2.45, 2.75) is 39.3 Å². The van der Waals surface area contributed by atoms with E-state index in [4.69, 9.17) is 0 Å². The minimum Gasteiger partial charge on any atom is -0.313 e. The quantitative estimate of drug-likeness (QED) is 0.677. The maximum Gasteiger partial charge on any atom is 0.213 e. The van der Waals surface area contributed by atoms with Gasteiger partial charge in [-0.05, 0) is 12.3 Å². The van der Waals surface area contributed by atoms with E-state index >= 15 is 0 Å². The third kappa shape index (κ3) is 4.39. The zero-order valence-electron chi connectivity index (χ0n) is 9.08.